The first-order valence-corrected chi connectivity index (χ1v) is 10.3. The lowest BCUT2D eigenvalue weighted by Gasteiger charge is -2.19. The van der Waals surface area contributed by atoms with Crippen molar-refractivity contribution in [1.82, 2.24) is 10.6 Å². The molecule has 0 radical (unpaired) electrons. The number of carbonyl (C=O) groups is 3. The molecule has 0 aliphatic heterocycles. The number of nitrogens with one attached hydrogen (secondary N) is 2. The van der Waals surface area contributed by atoms with Crippen LogP contribution in [0.15, 0.2) is 41.0 Å². The van der Waals surface area contributed by atoms with Gasteiger partial charge in [0.25, 0.3) is 11.8 Å². The van der Waals surface area contributed by atoms with E-state index in [0.717, 1.165) is 18.4 Å². The molecule has 0 spiro atoms. The van der Waals surface area contributed by atoms with E-state index in [9.17, 15) is 14.4 Å². The Morgan fingerprint density at radius 1 is 1.17 bits per heavy atom. The second-order valence-corrected chi connectivity index (χ2v) is 7.44. The first-order valence-electron chi connectivity index (χ1n) is 9.59. The quantitative estimate of drug-likeness (QED) is 0.500. The number of hydrogen-bond acceptors (Lipinski definition) is 5. The molecule has 2 aromatic rings. The maximum Gasteiger partial charge on any atom is 0.308 e. The summed E-state index contributed by atoms with van der Waals surface area (Å²) in [5.74, 6) is -1.24. The van der Waals surface area contributed by atoms with Gasteiger partial charge in [-0.2, -0.15) is 0 Å². The molecular weight excluding hydrogens is 431 g/mol. The van der Waals surface area contributed by atoms with E-state index >= 15 is 0 Å². The molecular formula is C21H24Cl2N2O5. The van der Waals surface area contributed by atoms with Gasteiger partial charge in [-0.25, -0.2) is 0 Å². The van der Waals surface area contributed by atoms with Crippen molar-refractivity contribution >= 4 is 41.0 Å². The highest BCUT2D eigenvalue weighted by molar-refractivity contribution is 6.35. The van der Waals surface area contributed by atoms with Crippen molar-refractivity contribution in [2.75, 3.05) is 19.7 Å². The van der Waals surface area contributed by atoms with Crippen LogP contribution in [0, 0.1) is 0 Å². The van der Waals surface area contributed by atoms with E-state index < -0.39 is 24.4 Å². The zero-order valence-corrected chi connectivity index (χ0v) is 18.1. The van der Waals surface area contributed by atoms with Crippen molar-refractivity contribution < 1.29 is 23.5 Å². The number of esters is 1. The van der Waals surface area contributed by atoms with Gasteiger partial charge in [-0.1, -0.05) is 42.6 Å². The zero-order chi connectivity index (χ0) is 21.9. The topological polar surface area (TPSA) is 97.6 Å². The van der Waals surface area contributed by atoms with Crippen molar-refractivity contribution in [3.8, 4) is 0 Å². The summed E-state index contributed by atoms with van der Waals surface area (Å²) < 4.78 is 9.89. The maximum atomic E-state index is 12.0. The molecule has 2 rings (SSSR count). The van der Waals surface area contributed by atoms with Gasteiger partial charge in [-0.3, -0.25) is 14.4 Å². The van der Waals surface area contributed by atoms with Crippen molar-refractivity contribution in [3.63, 3.8) is 0 Å². The van der Waals surface area contributed by atoms with Crippen molar-refractivity contribution in [2.45, 2.75) is 32.1 Å². The van der Waals surface area contributed by atoms with Crippen LogP contribution in [0.2, 0.25) is 10.0 Å². The first-order chi connectivity index (χ1) is 14.4. The van der Waals surface area contributed by atoms with Crippen LogP contribution in [0.3, 0.4) is 0 Å². The normalized spacial score (nSPS) is 11.6. The van der Waals surface area contributed by atoms with Crippen LogP contribution in [-0.2, 0) is 14.3 Å². The molecule has 1 unspecified atom stereocenters. The van der Waals surface area contributed by atoms with Gasteiger partial charge < -0.3 is 19.8 Å². The minimum Gasteiger partial charge on any atom is -0.459 e. The molecule has 0 aliphatic rings. The van der Waals surface area contributed by atoms with E-state index in [2.05, 4.69) is 10.6 Å². The summed E-state index contributed by atoms with van der Waals surface area (Å²) in [6.07, 6.45) is 3.07. The van der Waals surface area contributed by atoms with Crippen LogP contribution >= 0.6 is 23.2 Å². The van der Waals surface area contributed by atoms with Gasteiger partial charge in [-0.15, -0.1) is 0 Å². The Kier molecular flexibility index (Phi) is 9.70. The predicted molar refractivity (Wildman–Crippen MR) is 114 cm³/mol. The Hall–Kier alpha value is -2.51. The lowest BCUT2D eigenvalue weighted by molar-refractivity contribution is -0.148. The molecule has 2 N–H and O–H groups in total. The number of halogens is 2. The zero-order valence-electron chi connectivity index (χ0n) is 16.6. The third kappa shape index (κ3) is 7.72. The largest absolute Gasteiger partial charge is 0.459 e. The van der Waals surface area contributed by atoms with Crippen LogP contribution < -0.4 is 10.6 Å². The summed E-state index contributed by atoms with van der Waals surface area (Å²) in [5, 5.41) is 6.40. The van der Waals surface area contributed by atoms with Crippen LogP contribution in [0.25, 0.3) is 0 Å². The number of rotatable bonds is 11. The fourth-order valence-electron chi connectivity index (χ4n) is 2.83. The molecule has 0 saturated heterocycles. The standard InChI is InChI=1S/C21H24Cl2N2O5/c1-2-4-14(16-7-6-15(22)11-17(16)23)12-25-19(26)13-30-20(27)8-9-24-21(28)18-5-3-10-29-18/h3,5-7,10-11,14H,2,4,8-9,12-13H2,1H3,(H,24,28)(H,25,26). The number of ether oxygens (including phenoxy) is 1. The predicted octanol–water partition coefficient (Wildman–Crippen LogP) is 3.95. The number of furan rings is 1. The Morgan fingerprint density at radius 2 is 1.97 bits per heavy atom. The van der Waals surface area contributed by atoms with Gasteiger partial charge in [-0.05, 0) is 36.2 Å². The maximum absolute atomic E-state index is 12.0. The van der Waals surface area contributed by atoms with Crippen molar-refractivity contribution in [2.24, 2.45) is 0 Å². The van der Waals surface area contributed by atoms with Gasteiger partial charge in [0.1, 0.15) is 0 Å². The minimum atomic E-state index is -0.587. The lowest BCUT2D eigenvalue weighted by Crippen LogP contribution is -2.33. The Balaban J connectivity index is 1.70. The van der Waals surface area contributed by atoms with E-state index in [1.807, 2.05) is 13.0 Å². The van der Waals surface area contributed by atoms with E-state index in [1.165, 1.54) is 12.3 Å². The SMILES string of the molecule is CCCC(CNC(=O)COC(=O)CCNC(=O)c1ccco1)c1ccc(Cl)cc1Cl. The van der Waals surface area contributed by atoms with Crippen molar-refractivity contribution in [1.29, 1.82) is 0 Å². The summed E-state index contributed by atoms with van der Waals surface area (Å²) in [7, 11) is 0. The Morgan fingerprint density at radius 3 is 2.63 bits per heavy atom. The molecule has 1 aromatic heterocycles. The third-order valence-corrected chi connectivity index (χ3v) is 4.87. The molecule has 162 valence electrons. The number of carbonyl (C=O) groups excluding carboxylic acids is 3. The number of hydrogen-bond donors (Lipinski definition) is 2. The van der Waals surface area contributed by atoms with Gasteiger partial charge in [0, 0.05) is 29.1 Å². The molecule has 1 heterocycles. The van der Waals surface area contributed by atoms with Gasteiger partial charge in [0.15, 0.2) is 12.4 Å². The van der Waals surface area contributed by atoms with Crippen LogP contribution in [0.4, 0.5) is 0 Å². The fourth-order valence-corrected chi connectivity index (χ4v) is 3.39. The Labute approximate surface area is 185 Å². The average molecular weight is 455 g/mol. The fraction of sp³-hybridized carbons (Fsp3) is 0.381. The third-order valence-electron chi connectivity index (χ3n) is 4.31. The summed E-state index contributed by atoms with van der Waals surface area (Å²) in [4.78, 5) is 35.5. The highest BCUT2D eigenvalue weighted by atomic mass is 35.5. The molecule has 0 aliphatic carbocycles. The molecule has 0 bridgehead atoms. The monoisotopic (exact) mass is 454 g/mol. The molecule has 2 amide bonds. The van der Waals surface area contributed by atoms with Crippen LogP contribution in [0.1, 0.15) is 48.2 Å². The van der Waals surface area contributed by atoms with Gasteiger partial charge in [0.2, 0.25) is 0 Å². The molecule has 1 atom stereocenters. The summed E-state index contributed by atoms with van der Waals surface area (Å²) >= 11 is 12.2. The summed E-state index contributed by atoms with van der Waals surface area (Å²) in [6.45, 7) is 2.10. The summed E-state index contributed by atoms with van der Waals surface area (Å²) in [6, 6.07) is 8.40. The van der Waals surface area contributed by atoms with Crippen LogP contribution in [0.5, 0.6) is 0 Å². The highest BCUT2D eigenvalue weighted by Crippen LogP contribution is 2.30. The number of amides is 2. The molecule has 7 nitrogen and oxygen atoms in total. The molecule has 1 aromatic carbocycles. The van der Waals surface area contributed by atoms with Gasteiger partial charge >= 0.3 is 5.97 Å². The summed E-state index contributed by atoms with van der Waals surface area (Å²) in [5.41, 5.74) is 0.910. The number of benzene rings is 1. The minimum absolute atomic E-state index is 0.0243. The second kappa shape index (κ2) is 12.2. The first kappa shape index (κ1) is 23.8. The molecule has 0 saturated carbocycles. The lowest BCUT2D eigenvalue weighted by atomic mass is 9.94. The molecule has 0 fully saturated rings. The van der Waals surface area contributed by atoms with E-state index in [0.29, 0.717) is 16.6 Å². The van der Waals surface area contributed by atoms with E-state index in [1.54, 1.807) is 18.2 Å². The van der Waals surface area contributed by atoms with Crippen LogP contribution in [-0.4, -0.2) is 37.5 Å². The van der Waals surface area contributed by atoms with E-state index in [-0.39, 0.29) is 24.6 Å². The van der Waals surface area contributed by atoms with Gasteiger partial charge in [0.05, 0.1) is 12.7 Å². The molecule has 30 heavy (non-hydrogen) atoms. The smallest absolute Gasteiger partial charge is 0.308 e. The second-order valence-electron chi connectivity index (χ2n) is 6.60. The highest BCUT2D eigenvalue weighted by Gasteiger charge is 2.16. The van der Waals surface area contributed by atoms with E-state index in [4.69, 9.17) is 32.4 Å². The average Bonchev–Trinajstić information content (AvgIpc) is 3.25. The molecule has 9 heteroatoms. The Bertz CT molecular complexity index is 855. The van der Waals surface area contributed by atoms with Crippen molar-refractivity contribution in [3.05, 3.63) is 58.0 Å².